The van der Waals surface area contributed by atoms with Gasteiger partial charge in [0.15, 0.2) is 0 Å². The average Bonchev–Trinajstić information content (AvgIpc) is 2.74. The maximum Gasteiger partial charge on any atom is 0.115 e. The Hall–Kier alpha value is -1.61. The van der Waals surface area contributed by atoms with Crippen molar-refractivity contribution in [3.8, 4) is 0 Å². The van der Waals surface area contributed by atoms with E-state index in [1.165, 1.54) is 11.1 Å². The zero-order valence-electron chi connectivity index (χ0n) is 9.72. The van der Waals surface area contributed by atoms with Crippen LogP contribution in [-0.2, 0) is 13.6 Å². The summed E-state index contributed by atoms with van der Waals surface area (Å²) in [6.45, 7) is 2.75. The van der Waals surface area contributed by atoms with E-state index in [1.54, 1.807) is 0 Å². The Balaban J connectivity index is 2.33. The van der Waals surface area contributed by atoms with E-state index in [2.05, 4.69) is 40.7 Å². The molecule has 0 aliphatic heterocycles. The number of aryl methyl sites for hydroxylation is 1. The molecule has 2 rings (SSSR count). The molecule has 0 radical (unpaired) electrons. The van der Waals surface area contributed by atoms with Crippen LogP contribution in [0.1, 0.15) is 29.8 Å². The van der Waals surface area contributed by atoms with Gasteiger partial charge in [-0.3, -0.25) is 0 Å². The molecular formula is C13H17N3. The molecule has 0 spiro atoms. The lowest BCUT2D eigenvalue weighted by Gasteiger charge is -2.12. The SMILES string of the molecule is CC(c1cccc(CN)c1)c1nccn1C. The maximum atomic E-state index is 5.65. The Morgan fingerprint density at radius 1 is 1.44 bits per heavy atom. The number of benzene rings is 1. The average molecular weight is 215 g/mol. The van der Waals surface area contributed by atoms with Crippen LogP contribution in [0.15, 0.2) is 36.7 Å². The number of nitrogens with zero attached hydrogens (tertiary/aromatic N) is 2. The largest absolute Gasteiger partial charge is 0.338 e. The minimum Gasteiger partial charge on any atom is -0.338 e. The molecule has 0 fully saturated rings. The zero-order chi connectivity index (χ0) is 11.5. The van der Waals surface area contributed by atoms with Gasteiger partial charge in [0.25, 0.3) is 0 Å². The second-order valence-corrected chi connectivity index (χ2v) is 4.07. The predicted molar refractivity (Wildman–Crippen MR) is 65.1 cm³/mol. The molecule has 16 heavy (non-hydrogen) atoms. The van der Waals surface area contributed by atoms with Gasteiger partial charge in [-0.2, -0.15) is 0 Å². The fourth-order valence-electron chi connectivity index (χ4n) is 1.93. The summed E-state index contributed by atoms with van der Waals surface area (Å²) >= 11 is 0. The van der Waals surface area contributed by atoms with Crippen molar-refractivity contribution < 1.29 is 0 Å². The van der Waals surface area contributed by atoms with Gasteiger partial charge in [0.05, 0.1) is 0 Å². The molecule has 1 aromatic heterocycles. The number of aromatic nitrogens is 2. The molecule has 0 saturated heterocycles. The molecule has 1 aromatic carbocycles. The first kappa shape index (κ1) is 10.9. The summed E-state index contributed by atoms with van der Waals surface area (Å²) in [5, 5.41) is 0. The van der Waals surface area contributed by atoms with E-state index >= 15 is 0 Å². The number of hydrogen-bond donors (Lipinski definition) is 1. The highest BCUT2D eigenvalue weighted by atomic mass is 15.0. The Labute approximate surface area is 95.9 Å². The highest BCUT2D eigenvalue weighted by Gasteiger charge is 2.12. The van der Waals surface area contributed by atoms with E-state index in [9.17, 15) is 0 Å². The molecule has 84 valence electrons. The first-order valence-corrected chi connectivity index (χ1v) is 5.48. The summed E-state index contributed by atoms with van der Waals surface area (Å²) < 4.78 is 2.06. The van der Waals surface area contributed by atoms with E-state index < -0.39 is 0 Å². The van der Waals surface area contributed by atoms with Crippen molar-refractivity contribution in [1.82, 2.24) is 9.55 Å². The second-order valence-electron chi connectivity index (χ2n) is 4.07. The molecule has 2 aromatic rings. The zero-order valence-corrected chi connectivity index (χ0v) is 9.72. The Kier molecular flexibility index (Phi) is 3.06. The number of imidazole rings is 1. The highest BCUT2D eigenvalue weighted by molar-refractivity contribution is 5.29. The first-order chi connectivity index (χ1) is 7.72. The molecule has 2 N–H and O–H groups in total. The molecule has 0 saturated carbocycles. The molecule has 1 heterocycles. The van der Waals surface area contributed by atoms with Gasteiger partial charge >= 0.3 is 0 Å². The summed E-state index contributed by atoms with van der Waals surface area (Å²) in [6.07, 6.45) is 3.80. The lowest BCUT2D eigenvalue weighted by atomic mass is 9.98. The first-order valence-electron chi connectivity index (χ1n) is 5.48. The standard InChI is InChI=1S/C13H17N3/c1-10(13-15-6-7-16(13)2)12-5-3-4-11(8-12)9-14/h3-8,10H,9,14H2,1-2H3. The van der Waals surface area contributed by atoms with Gasteiger partial charge in [-0.25, -0.2) is 4.98 Å². The van der Waals surface area contributed by atoms with E-state index in [4.69, 9.17) is 5.73 Å². The second kappa shape index (κ2) is 4.49. The van der Waals surface area contributed by atoms with Crippen LogP contribution in [0.5, 0.6) is 0 Å². The van der Waals surface area contributed by atoms with Crippen molar-refractivity contribution in [2.75, 3.05) is 0 Å². The molecule has 3 nitrogen and oxygen atoms in total. The van der Waals surface area contributed by atoms with Crippen LogP contribution >= 0.6 is 0 Å². The molecule has 1 unspecified atom stereocenters. The van der Waals surface area contributed by atoms with Crippen molar-refractivity contribution in [1.29, 1.82) is 0 Å². The molecule has 0 bridgehead atoms. The minimum atomic E-state index is 0.298. The van der Waals surface area contributed by atoms with Crippen LogP contribution in [0.25, 0.3) is 0 Å². The van der Waals surface area contributed by atoms with Crippen molar-refractivity contribution >= 4 is 0 Å². The Bertz CT molecular complexity index is 474. The topological polar surface area (TPSA) is 43.8 Å². The van der Waals surface area contributed by atoms with Gasteiger partial charge < -0.3 is 10.3 Å². The third kappa shape index (κ3) is 1.99. The fourth-order valence-corrected chi connectivity index (χ4v) is 1.93. The van der Waals surface area contributed by atoms with Crippen molar-refractivity contribution in [3.63, 3.8) is 0 Å². The van der Waals surface area contributed by atoms with Gasteiger partial charge in [-0.05, 0) is 11.1 Å². The van der Waals surface area contributed by atoms with Crippen LogP contribution in [0.2, 0.25) is 0 Å². The summed E-state index contributed by atoms with van der Waals surface area (Å²) in [6, 6.07) is 8.38. The van der Waals surface area contributed by atoms with E-state index in [0.717, 1.165) is 5.82 Å². The van der Waals surface area contributed by atoms with E-state index in [-0.39, 0.29) is 0 Å². The van der Waals surface area contributed by atoms with Crippen LogP contribution in [0, 0.1) is 0 Å². The molecule has 1 atom stereocenters. The van der Waals surface area contributed by atoms with Crippen LogP contribution in [-0.4, -0.2) is 9.55 Å². The molecule has 0 amide bonds. The maximum absolute atomic E-state index is 5.65. The lowest BCUT2D eigenvalue weighted by molar-refractivity contribution is 0.738. The third-order valence-electron chi connectivity index (χ3n) is 2.93. The molecule has 0 aliphatic rings. The van der Waals surface area contributed by atoms with Gasteiger partial charge in [0.1, 0.15) is 5.82 Å². The van der Waals surface area contributed by atoms with Gasteiger partial charge in [-0.15, -0.1) is 0 Å². The normalized spacial score (nSPS) is 12.7. The fraction of sp³-hybridized carbons (Fsp3) is 0.308. The van der Waals surface area contributed by atoms with Crippen LogP contribution < -0.4 is 5.73 Å². The molecule has 0 aliphatic carbocycles. The quantitative estimate of drug-likeness (QED) is 0.851. The van der Waals surface area contributed by atoms with E-state index in [0.29, 0.717) is 12.5 Å². The highest BCUT2D eigenvalue weighted by Crippen LogP contribution is 2.22. The van der Waals surface area contributed by atoms with Gasteiger partial charge in [-0.1, -0.05) is 31.2 Å². The van der Waals surface area contributed by atoms with E-state index in [1.807, 2.05) is 19.4 Å². The summed E-state index contributed by atoms with van der Waals surface area (Å²) in [5.74, 6) is 1.38. The number of nitrogens with two attached hydrogens (primary N) is 1. The lowest BCUT2D eigenvalue weighted by Crippen LogP contribution is -2.05. The van der Waals surface area contributed by atoms with Gasteiger partial charge in [0, 0.05) is 31.9 Å². The molecule has 3 heteroatoms. The van der Waals surface area contributed by atoms with Crippen molar-refractivity contribution in [2.45, 2.75) is 19.4 Å². The van der Waals surface area contributed by atoms with Crippen molar-refractivity contribution in [2.24, 2.45) is 12.8 Å². The van der Waals surface area contributed by atoms with Crippen LogP contribution in [0.3, 0.4) is 0 Å². The molecular weight excluding hydrogens is 198 g/mol. The Morgan fingerprint density at radius 3 is 2.88 bits per heavy atom. The van der Waals surface area contributed by atoms with Gasteiger partial charge in [0.2, 0.25) is 0 Å². The summed E-state index contributed by atoms with van der Waals surface area (Å²) in [7, 11) is 2.02. The monoisotopic (exact) mass is 215 g/mol. The third-order valence-corrected chi connectivity index (χ3v) is 2.93. The number of rotatable bonds is 3. The predicted octanol–water partition coefficient (Wildman–Crippen LogP) is 2.03. The van der Waals surface area contributed by atoms with Crippen LogP contribution in [0.4, 0.5) is 0 Å². The number of hydrogen-bond acceptors (Lipinski definition) is 2. The smallest absolute Gasteiger partial charge is 0.115 e. The summed E-state index contributed by atoms with van der Waals surface area (Å²) in [5.41, 5.74) is 8.07. The minimum absolute atomic E-state index is 0.298. The Morgan fingerprint density at radius 2 is 2.25 bits per heavy atom. The summed E-state index contributed by atoms with van der Waals surface area (Å²) in [4.78, 5) is 4.38. The van der Waals surface area contributed by atoms with Crippen molar-refractivity contribution in [3.05, 3.63) is 53.6 Å².